The van der Waals surface area contributed by atoms with Gasteiger partial charge in [-0.3, -0.25) is 14.4 Å². The minimum absolute atomic E-state index is 0.0262. The molecule has 0 heterocycles. The number of benzene rings is 2. The van der Waals surface area contributed by atoms with E-state index in [9.17, 15) is 14.4 Å². The Labute approximate surface area is 171 Å². The van der Waals surface area contributed by atoms with Crippen molar-refractivity contribution in [2.45, 2.75) is 26.7 Å². The van der Waals surface area contributed by atoms with Gasteiger partial charge < -0.3 is 20.9 Å². The lowest BCUT2D eigenvalue weighted by Crippen LogP contribution is -2.23. The summed E-state index contributed by atoms with van der Waals surface area (Å²) in [5.41, 5.74) is 3.56. The average molecular weight is 396 g/mol. The molecule has 0 aliphatic carbocycles. The Kier molecular flexibility index (Phi) is 7.77. The molecule has 0 atom stereocenters. The van der Waals surface area contributed by atoms with Gasteiger partial charge in [0.2, 0.25) is 11.8 Å². The summed E-state index contributed by atoms with van der Waals surface area (Å²) < 4.78 is 0. The largest absolute Gasteiger partial charge is 0.376 e. The zero-order chi connectivity index (χ0) is 21.4. The molecule has 154 valence electrons. The molecular formula is C22H28N4O3. The second kappa shape index (κ2) is 10.3. The predicted molar refractivity (Wildman–Crippen MR) is 116 cm³/mol. The van der Waals surface area contributed by atoms with Crippen LogP contribution in [0, 0.1) is 6.92 Å². The first kappa shape index (κ1) is 21.9. The molecule has 0 saturated carbocycles. The zero-order valence-electron chi connectivity index (χ0n) is 17.3. The van der Waals surface area contributed by atoms with Gasteiger partial charge in [0.1, 0.15) is 0 Å². The Morgan fingerprint density at radius 3 is 2.17 bits per heavy atom. The van der Waals surface area contributed by atoms with E-state index in [0.29, 0.717) is 17.7 Å². The monoisotopic (exact) mass is 396 g/mol. The fourth-order valence-electron chi connectivity index (χ4n) is 2.74. The van der Waals surface area contributed by atoms with Crippen molar-refractivity contribution in [3.8, 4) is 0 Å². The summed E-state index contributed by atoms with van der Waals surface area (Å²) >= 11 is 0. The normalized spacial score (nSPS) is 10.2. The highest BCUT2D eigenvalue weighted by atomic mass is 16.2. The van der Waals surface area contributed by atoms with Crippen LogP contribution in [0.2, 0.25) is 0 Å². The molecule has 2 aromatic carbocycles. The summed E-state index contributed by atoms with van der Waals surface area (Å²) in [6, 6.07) is 12.3. The van der Waals surface area contributed by atoms with Crippen LogP contribution in [0.3, 0.4) is 0 Å². The van der Waals surface area contributed by atoms with Gasteiger partial charge in [-0.2, -0.15) is 0 Å². The minimum atomic E-state index is -0.212. The maximum atomic E-state index is 12.3. The SMILES string of the molecule is CCCC(=O)Nc1cccc(NCC(=O)Nc2ccc(C(=O)N(C)C)cc2)c1C. The maximum Gasteiger partial charge on any atom is 0.253 e. The van der Waals surface area contributed by atoms with Gasteiger partial charge in [-0.05, 0) is 55.3 Å². The molecule has 0 aliphatic rings. The lowest BCUT2D eigenvalue weighted by Gasteiger charge is -2.14. The Hall–Kier alpha value is -3.35. The molecule has 0 radical (unpaired) electrons. The van der Waals surface area contributed by atoms with E-state index in [4.69, 9.17) is 0 Å². The second-order valence-electron chi connectivity index (χ2n) is 6.95. The summed E-state index contributed by atoms with van der Waals surface area (Å²) in [5.74, 6) is -0.330. The van der Waals surface area contributed by atoms with Crippen molar-refractivity contribution in [3.63, 3.8) is 0 Å². The van der Waals surface area contributed by atoms with E-state index >= 15 is 0 Å². The van der Waals surface area contributed by atoms with Crippen LogP contribution >= 0.6 is 0 Å². The number of carbonyl (C=O) groups excluding carboxylic acids is 3. The number of rotatable bonds is 8. The first-order chi connectivity index (χ1) is 13.8. The molecule has 29 heavy (non-hydrogen) atoms. The Morgan fingerprint density at radius 1 is 0.897 bits per heavy atom. The lowest BCUT2D eigenvalue weighted by molar-refractivity contribution is -0.116. The van der Waals surface area contributed by atoms with Crippen molar-refractivity contribution in [1.82, 2.24) is 4.90 Å². The number of hydrogen-bond donors (Lipinski definition) is 3. The third kappa shape index (κ3) is 6.34. The van der Waals surface area contributed by atoms with Gasteiger partial charge in [0.15, 0.2) is 0 Å². The maximum absolute atomic E-state index is 12.3. The van der Waals surface area contributed by atoms with Gasteiger partial charge in [-0.1, -0.05) is 13.0 Å². The van der Waals surface area contributed by atoms with Crippen molar-refractivity contribution < 1.29 is 14.4 Å². The third-order valence-electron chi connectivity index (χ3n) is 4.35. The first-order valence-electron chi connectivity index (χ1n) is 9.56. The topological polar surface area (TPSA) is 90.5 Å². The minimum Gasteiger partial charge on any atom is -0.376 e. The van der Waals surface area contributed by atoms with Crippen molar-refractivity contribution in [2.24, 2.45) is 0 Å². The van der Waals surface area contributed by atoms with E-state index in [2.05, 4.69) is 16.0 Å². The first-order valence-corrected chi connectivity index (χ1v) is 9.56. The van der Waals surface area contributed by atoms with E-state index in [1.54, 1.807) is 38.4 Å². The van der Waals surface area contributed by atoms with Crippen molar-refractivity contribution in [3.05, 3.63) is 53.6 Å². The average Bonchev–Trinajstić information content (AvgIpc) is 2.69. The molecule has 0 fully saturated rings. The smallest absolute Gasteiger partial charge is 0.253 e. The van der Waals surface area contributed by atoms with E-state index in [-0.39, 0.29) is 24.3 Å². The van der Waals surface area contributed by atoms with E-state index in [1.807, 2.05) is 32.0 Å². The standard InChI is InChI=1S/C22H28N4O3/c1-5-7-20(27)25-19-9-6-8-18(15(19)2)23-14-21(28)24-17-12-10-16(11-13-17)22(29)26(3)4/h6,8-13,23H,5,7,14H2,1-4H3,(H,24,28)(H,25,27). The van der Waals surface area contributed by atoms with E-state index < -0.39 is 0 Å². The van der Waals surface area contributed by atoms with Crippen LogP contribution in [-0.4, -0.2) is 43.3 Å². The van der Waals surface area contributed by atoms with Crippen molar-refractivity contribution >= 4 is 34.8 Å². The summed E-state index contributed by atoms with van der Waals surface area (Å²) in [6.45, 7) is 3.92. The van der Waals surface area contributed by atoms with Crippen LogP contribution in [0.1, 0.15) is 35.7 Å². The van der Waals surface area contributed by atoms with Gasteiger partial charge in [-0.15, -0.1) is 0 Å². The molecule has 0 aliphatic heterocycles. The Bertz CT molecular complexity index is 876. The predicted octanol–water partition coefficient (Wildman–Crippen LogP) is 3.49. The lowest BCUT2D eigenvalue weighted by atomic mass is 10.1. The van der Waals surface area contributed by atoms with E-state index in [1.165, 1.54) is 4.90 Å². The van der Waals surface area contributed by atoms with Gasteiger partial charge >= 0.3 is 0 Å². The van der Waals surface area contributed by atoms with Crippen LogP contribution in [0.4, 0.5) is 17.1 Å². The number of nitrogens with one attached hydrogen (secondary N) is 3. The van der Waals surface area contributed by atoms with Crippen LogP contribution in [-0.2, 0) is 9.59 Å². The second-order valence-corrected chi connectivity index (χ2v) is 6.95. The molecule has 0 aromatic heterocycles. The molecule has 2 rings (SSSR count). The number of nitrogens with zero attached hydrogens (tertiary/aromatic N) is 1. The van der Waals surface area contributed by atoms with Crippen molar-refractivity contribution in [1.29, 1.82) is 0 Å². The molecule has 0 bridgehead atoms. The quantitative estimate of drug-likeness (QED) is 0.637. The van der Waals surface area contributed by atoms with Gasteiger partial charge in [0.05, 0.1) is 6.54 Å². The van der Waals surface area contributed by atoms with Crippen LogP contribution < -0.4 is 16.0 Å². The highest BCUT2D eigenvalue weighted by molar-refractivity contribution is 5.97. The Balaban J connectivity index is 1.94. The van der Waals surface area contributed by atoms with Gasteiger partial charge in [-0.25, -0.2) is 0 Å². The molecule has 0 unspecified atom stereocenters. The fraction of sp³-hybridized carbons (Fsp3) is 0.318. The summed E-state index contributed by atoms with van der Waals surface area (Å²) in [7, 11) is 3.38. The third-order valence-corrected chi connectivity index (χ3v) is 4.35. The highest BCUT2D eigenvalue weighted by Crippen LogP contribution is 2.23. The molecule has 0 saturated heterocycles. The molecular weight excluding hydrogens is 368 g/mol. The van der Waals surface area contributed by atoms with Gasteiger partial charge in [0, 0.05) is 43.1 Å². The number of hydrogen-bond acceptors (Lipinski definition) is 4. The summed E-state index contributed by atoms with van der Waals surface area (Å²) in [4.78, 5) is 37.5. The molecule has 7 nitrogen and oxygen atoms in total. The number of anilines is 3. The van der Waals surface area contributed by atoms with Gasteiger partial charge in [0.25, 0.3) is 5.91 Å². The molecule has 3 N–H and O–H groups in total. The zero-order valence-corrected chi connectivity index (χ0v) is 17.3. The molecule has 3 amide bonds. The van der Waals surface area contributed by atoms with Crippen molar-refractivity contribution in [2.75, 3.05) is 36.6 Å². The molecule has 0 spiro atoms. The fourth-order valence-corrected chi connectivity index (χ4v) is 2.74. The van der Waals surface area contributed by atoms with Crippen LogP contribution in [0.25, 0.3) is 0 Å². The molecule has 2 aromatic rings. The van der Waals surface area contributed by atoms with Crippen LogP contribution in [0.5, 0.6) is 0 Å². The van der Waals surface area contributed by atoms with E-state index in [0.717, 1.165) is 23.4 Å². The summed E-state index contributed by atoms with van der Waals surface area (Å²) in [6.07, 6.45) is 1.26. The number of carbonyl (C=O) groups is 3. The van der Waals surface area contributed by atoms with Crippen LogP contribution in [0.15, 0.2) is 42.5 Å². The number of amides is 3. The highest BCUT2D eigenvalue weighted by Gasteiger charge is 2.10. The molecule has 7 heteroatoms. The summed E-state index contributed by atoms with van der Waals surface area (Å²) in [5, 5.41) is 8.78. The Morgan fingerprint density at radius 2 is 1.55 bits per heavy atom.